The van der Waals surface area contributed by atoms with Crippen molar-refractivity contribution < 1.29 is 14.8 Å². The maximum Gasteiger partial charge on any atom is 0.275 e. The molecular weight excluding hydrogens is 296 g/mol. The Hall–Kier alpha value is -1.95. The Labute approximate surface area is 136 Å². The third kappa shape index (κ3) is 3.69. The fraction of sp³-hybridized carbons (Fsp3) is 0.588. The first-order valence-electron chi connectivity index (χ1n) is 8.04. The average molecular weight is 320 g/mol. The van der Waals surface area contributed by atoms with Crippen molar-refractivity contribution in [1.29, 1.82) is 0 Å². The molecule has 0 saturated heterocycles. The Morgan fingerprint density at radius 1 is 1.35 bits per heavy atom. The van der Waals surface area contributed by atoms with Crippen molar-refractivity contribution in [2.24, 2.45) is 5.92 Å². The number of hydrogen-bond acceptors (Lipinski definition) is 4. The SMILES string of the molecule is Cc1cc(C)c([N+](=O)[O-])c(C)c1C(=O)NCC(O)C1CCCC1. The molecule has 1 amide bonds. The van der Waals surface area contributed by atoms with E-state index in [0.29, 0.717) is 22.3 Å². The number of carbonyl (C=O) groups excluding carboxylic acids is 1. The van der Waals surface area contributed by atoms with Crippen LogP contribution in [-0.4, -0.2) is 28.6 Å². The van der Waals surface area contributed by atoms with Crippen LogP contribution in [0.4, 0.5) is 5.69 Å². The fourth-order valence-corrected chi connectivity index (χ4v) is 3.60. The summed E-state index contributed by atoms with van der Waals surface area (Å²) in [5.41, 5.74) is 1.95. The van der Waals surface area contributed by atoms with Gasteiger partial charge in [-0.1, -0.05) is 12.8 Å². The van der Waals surface area contributed by atoms with Crippen LogP contribution in [0.25, 0.3) is 0 Å². The predicted octanol–water partition coefficient (Wildman–Crippen LogP) is 2.80. The number of aliphatic hydroxyl groups excluding tert-OH is 1. The monoisotopic (exact) mass is 320 g/mol. The van der Waals surface area contributed by atoms with Crippen LogP contribution in [0, 0.1) is 36.8 Å². The molecule has 1 unspecified atom stereocenters. The first-order chi connectivity index (χ1) is 10.8. The molecule has 0 spiro atoms. The lowest BCUT2D eigenvalue weighted by molar-refractivity contribution is -0.386. The molecular formula is C17H24N2O4. The van der Waals surface area contributed by atoms with Crippen LogP contribution in [-0.2, 0) is 0 Å². The molecule has 0 radical (unpaired) electrons. The lowest BCUT2D eigenvalue weighted by Gasteiger charge is -2.19. The van der Waals surface area contributed by atoms with Gasteiger partial charge in [-0.2, -0.15) is 0 Å². The molecule has 6 heteroatoms. The number of nitrogens with one attached hydrogen (secondary N) is 1. The van der Waals surface area contributed by atoms with Gasteiger partial charge in [-0.3, -0.25) is 14.9 Å². The Kier molecular flexibility index (Phi) is 5.36. The molecule has 0 aromatic heterocycles. The Morgan fingerprint density at radius 3 is 2.52 bits per heavy atom. The maximum absolute atomic E-state index is 12.4. The van der Waals surface area contributed by atoms with Crippen LogP contribution in [0.5, 0.6) is 0 Å². The van der Waals surface area contributed by atoms with E-state index in [9.17, 15) is 20.0 Å². The largest absolute Gasteiger partial charge is 0.391 e. The number of amides is 1. The normalized spacial score (nSPS) is 16.3. The number of carbonyl (C=O) groups is 1. The second-order valence-corrected chi connectivity index (χ2v) is 6.44. The first kappa shape index (κ1) is 17.4. The maximum atomic E-state index is 12.4. The van der Waals surface area contributed by atoms with Gasteiger partial charge in [0.1, 0.15) is 0 Å². The predicted molar refractivity (Wildman–Crippen MR) is 87.6 cm³/mol. The third-order valence-corrected chi connectivity index (χ3v) is 4.76. The third-order valence-electron chi connectivity index (χ3n) is 4.76. The molecule has 1 aromatic rings. The van der Waals surface area contributed by atoms with E-state index in [-0.39, 0.29) is 24.1 Å². The summed E-state index contributed by atoms with van der Waals surface area (Å²) in [5, 5.41) is 24.1. The van der Waals surface area contributed by atoms with Crippen LogP contribution in [0.15, 0.2) is 6.07 Å². The number of aliphatic hydroxyl groups is 1. The summed E-state index contributed by atoms with van der Waals surface area (Å²) in [6, 6.07) is 1.66. The van der Waals surface area contributed by atoms with Crippen LogP contribution in [0.2, 0.25) is 0 Å². The van der Waals surface area contributed by atoms with Gasteiger partial charge in [0.15, 0.2) is 0 Å². The molecule has 0 aliphatic heterocycles. The van der Waals surface area contributed by atoms with Crippen molar-refractivity contribution in [2.45, 2.75) is 52.6 Å². The van der Waals surface area contributed by atoms with E-state index in [2.05, 4.69) is 5.32 Å². The minimum absolute atomic E-state index is 0.0166. The lowest BCUT2D eigenvalue weighted by atomic mass is 9.96. The average Bonchev–Trinajstić information content (AvgIpc) is 2.97. The smallest absolute Gasteiger partial charge is 0.275 e. The van der Waals surface area contributed by atoms with Crippen molar-refractivity contribution in [1.82, 2.24) is 5.32 Å². The molecule has 1 fully saturated rings. The van der Waals surface area contributed by atoms with Gasteiger partial charge in [0, 0.05) is 17.7 Å². The van der Waals surface area contributed by atoms with E-state index in [0.717, 1.165) is 25.7 Å². The van der Waals surface area contributed by atoms with Crippen LogP contribution in [0.1, 0.15) is 52.7 Å². The number of aryl methyl sites for hydroxylation is 2. The molecule has 2 rings (SSSR count). The molecule has 6 nitrogen and oxygen atoms in total. The quantitative estimate of drug-likeness (QED) is 0.644. The second-order valence-electron chi connectivity index (χ2n) is 6.44. The van der Waals surface area contributed by atoms with Gasteiger partial charge in [-0.15, -0.1) is 0 Å². The summed E-state index contributed by atoms with van der Waals surface area (Å²) < 4.78 is 0. The molecule has 0 heterocycles. The summed E-state index contributed by atoms with van der Waals surface area (Å²) in [6.45, 7) is 5.22. The van der Waals surface area contributed by atoms with Crippen LogP contribution in [0.3, 0.4) is 0 Å². The standard InChI is InChI=1S/C17H24N2O4/c1-10-8-11(2)16(19(22)23)12(3)15(10)17(21)18-9-14(20)13-6-4-5-7-13/h8,13-14,20H,4-7,9H2,1-3H3,(H,18,21). The van der Waals surface area contributed by atoms with E-state index in [1.807, 2.05) is 0 Å². The zero-order valence-electron chi connectivity index (χ0n) is 13.9. The van der Waals surface area contributed by atoms with Gasteiger partial charge < -0.3 is 10.4 Å². The zero-order chi connectivity index (χ0) is 17.1. The molecule has 1 aliphatic rings. The first-order valence-corrected chi connectivity index (χ1v) is 8.04. The van der Waals surface area contributed by atoms with Crippen molar-refractivity contribution in [2.75, 3.05) is 6.54 Å². The number of nitro benzene ring substituents is 1. The number of benzene rings is 1. The Bertz CT molecular complexity index is 622. The van der Waals surface area contributed by atoms with Crippen molar-refractivity contribution in [3.63, 3.8) is 0 Å². The van der Waals surface area contributed by atoms with Crippen molar-refractivity contribution >= 4 is 11.6 Å². The van der Waals surface area contributed by atoms with Crippen LogP contribution < -0.4 is 5.32 Å². The summed E-state index contributed by atoms with van der Waals surface area (Å²) in [6.07, 6.45) is 3.68. The van der Waals surface area contributed by atoms with E-state index >= 15 is 0 Å². The highest BCUT2D eigenvalue weighted by molar-refractivity contribution is 5.98. The van der Waals surface area contributed by atoms with Gasteiger partial charge in [0.25, 0.3) is 11.6 Å². The summed E-state index contributed by atoms with van der Waals surface area (Å²) in [5.74, 6) is -0.120. The van der Waals surface area contributed by atoms with Crippen molar-refractivity contribution in [3.05, 3.63) is 38.4 Å². The molecule has 0 bridgehead atoms. The van der Waals surface area contributed by atoms with E-state index in [1.54, 1.807) is 26.8 Å². The molecule has 1 saturated carbocycles. The van der Waals surface area contributed by atoms with Gasteiger partial charge in [-0.05, 0) is 51.2 Å². The molecule has 126 valence electrons. The topological polar surface area (TPSA) is 92.5 Å². The molecule has 1 atom stereocenters. The highest BCUT2D eigenvalue weighted by Crippen LogP contribution is 2.29. The van der Waals surface area contributed by atoms with E-state index < -0.39 is 11.0 Å². The minimum Gasteiger partial charge on any atom is -0.391 e. The van der Waals surface area contributed by atoms with Crippen molar-refractivity contribution in [3.8, 4) is 0 Å². The second kappa shape index (κ2) is 7.08. The summed E-state index contributed by atoms with van der Waals surface area (Å²) in [7, 11) is 0. The number of hydrogen-bond donors (Lipinski definition) is 2. The van der Waals surface area contributed by atoms with Gasteiger partial charge in [0.2, 0.25) is 0 Å². The zero-order valence-corrected chi connectivity index (χ0v) is 13.9. The highest BCUT2D eigenvalue weighted by atomic mass is 16.6. The highest BCUT2D eigenvalue weighted by Gasteiger charge is 2.26. The van der Waals surface area contributed by atoms with Gasteiger partial charge >= 0.3 is 0 Å². The summed E-state index contributed by atoms with van der Waals surface area (Å²) in [4.78, 5) is 23.2. The Balaban J connectivity index is 2.15. The Morgan fingerprint density at radius 2 is 1.96 bits per heavy atom. The molecule has 1 aliphatic carbocycles. The van der Waals surface area contributed by atoms with Gasteiger partial charge in [-0.25, -0.2) is 0 Å². The number of nitrogens with zero attached hydrogens (tertiary/aromatic N) is 1. The molecule has 2 N–H and O–H groups in total. The molecule has 23 heavy (non-hydrogen) atoms. The van der Waals surface area contributed by atoms with E-state index in [4.69, 9.17) is 0 Å². The van der Waals surface area contributed by atoms with Gasteiger partial charge in [0.05, 0.1) is 16.6 Å². The fourth-order valence-electron chi connectivity index (χ4n) is 3.60. The van der Waals surface area contributed by atoms with E-state index in [1.165, 1.54) is 0 Å². The van der Waals surface area contributed by atoms with Crippen LogP contribution >= 0.6 is 0 Å². The lowest BCUT2D eigenvalue weighted by Crippen LogP contribution is -2.36. The summed E-state index contributed by atoms with van der Waals surface area (Å²) >= 11 is 0. The minimum atomic E-state index is -0.553. The number of nitro groups is 1. The molecule has 1 aromatic carbocycles. The number of rotatable bonds is 5.